The van der Waals surface area contributed by atoms with E-state index in [1.165, 1.54) is 23.0 Å². The number of nitrogens with two attached hydrogens (primary N) is 1. The first kappa shape index (κ1) is 28.0. The third-order valence-corrected chi connectivity index (χ3v) is 6.57. The van der Waals surface area contributed by atoms with Crippen molar-refractivity contribution in [2.75, 3.05) is 31.9 Å². The normalized spacial score (nSPS) is 12.9. The Morgan fingerprint density at radius 3 is 2.36 bits per heavy atom. The largest absolute Gasteiger partial charge is 0.508 e. The van der Waals surface area contributed by atoms with Crippen LogP contribution in [0.1, 0.15) is 0 Å². The van der Waals surface area contributed by atoms with Crippen molar-refractivity contribution >= 4 is 36.5 Å². The standard InChI is InChI=1S/C18H18F6N5O5PS/c19-17(20,21)7-33-35(31,34-8-18(22,23)24)10-32-5-4-29-9-26-13-14(29)27-16(25)28-15(13)36-12-3-1-2-11(30)6-12/h1-3,6,9,30H,4-5,7-8,10H2,(H2,25,27,28). The molecule has 0 amide bonds. The minimum Gasteiger partial charge on any atom is -0.508 e. The van der Waals surface area contributed by atoms with E-state index in [0.717, 1.165) is 11.8 Å². The van der Waals surface area contributed by atoms with Gasteiger partial charge in [-0.2, -0.15) is 31.3 Å². The molecule has 18 heteroatoms. The second kappa shape index (κ2) is 11.2. The Hall–Kier alpha value is -2.59. The average molecular weight is 561 g/mol. The first-order valence-corrected chi connectivity index (χ1v) is 12.3. The van der Waals surface area contributed by atoms with Crippen LogP contribution in [0.3, 0.4) is 0 Å². The molecule has 0 aliphatic heterocycles. The summed E-state index contributed by atoms with van der Waals surface area (Å²) in [4.78, 5) is 13.1. The van der Waals surface area contributed by atoms with Gasteiger partial charge in [-0.05, 0) is 18.2 Å². The van der Waals surface area contributed by atoms with Crippen molar-refractivity contribution in [2.45, 2.75) is 28.8 Å². The zero-order valence-corrected chi connectivity index (χ0v) is 19.7. The van der Waals surface area contributed by atoms with E-state index in [0.29, 0.717) is 15.4 Å². The smallest absolute Gasteiger partial charge is 0.412 e. The summed E-state index contributed by atoms with van der Waals surface area (Å²) in [5.74, 6) is -0.0601. The molecule has 3 rings (SSSR count). The van der Waals surface area contributed by atoms with E-state index in [-0.39, 0.29) is 30.5 Å². The number of fused-ring (bicyclic) bond motifs is 1. The molecule has 0 saturated heterocycles. The molecular weight excluding hydrogens is 543 g/mol. The summed E-state index contributed by atoms with van der Waals surface area (Å²) in [7, 11) is -4.88. The van der Waals surface area contributed by atoms with Gasteiger partial charge in [0.05, 0.1) is 12.9 Å². The minimum atomic E-state index is -4.94. The number of nitrogen functional groups attached to an aromatic ring is 1. The Labute approximate surface area is 203 Å². The van der Waals surface area contributed by atoms with Crippen molar-refractivity contribution in [3.8, 4) is 5.75 Å². The number of anilines is 1. The van der Waals surface area contributed by atoms with Gasteiger partial charge in [0.1, 0.15) is 22.6 Å². The fourth-order valence-electron chi connectivity index (χ4n) is 2.62. The number of nitrogens with zero attached hydrogens (tertiary/aromatic N) is 4. The van der Waals surface area contributed by atoms with Crippen molar-refractivity contribution in [3.63, 3.8) is 0 Å². The van der Waals surface area contributed by atoms with Crippen molar-refractivity contribution < 1.29 is 49.8 Å². The van der Waals surface area contributed by atoms with Crippen LogP contribution in [0.15, 0.2) is 40.5 Å². The Morgan fingerprint density at radius 2 is 1.75 bits per heavy atom. The van der Waals surface area contributed by atoms with Crippen LogP contribution in [-0.4, -0.2) is 63.1 Å². The number of phenols is 1. The maximum absolute atomic E-state index is 12.4. The van der Waals surface area contributed by atoms with E-state index in [9.17, 15) is 36.0 Å². The molecule has 10 nitrogen and oxygen atoms in total. The number of hydrogen-bond acceptors (Lipinski definition) is 10. The van der Waals surface area contributed by atoms with Crippen LogP contribution < -0.4 is 5.73 Å². The lowest BCUT2D eigenvalue weighted by molar-refractivity contribution is -0.166. The van der Waals surface area contributed by atoms with Crippen LogP contribution in [0.4, 0.5) is 32.3 Å². The zero-order valence-electron chi connectivity index (χ0n) is 18.0. The molecule has 0 bridgehead atoms. The van der Waals surface area contributed by atoms with Crippen molar-refractivity contribution in [3.05, 3.63) is 30.6 Å². The molecule has 0 fully saturated rings. The lowest BCUT2D eigenvalue weighted by Gasteiger charge is -2.20. The first-order valence-electron chi connectivity index (χ1n) is 9.78. The van der Waals surface area contributed by atoms with Gasteiger partial charge in [0.2, 0.25) is 5.95 Å². The summed E-state index contributed by atoms with van der Waals surface area (Å²) in [5.41, 5.74) is 6.37. The summed E-state index contributed by atoms with van der Waals surface area (Å²) in [6, 6.07) is 6.34. The number of phenolic OH excluding ortho intramolecular Hbond substituents is 1. The number of benzene rings is 1. The number of aromatic hydroxyl groups is 1. The van der Waals surface area contributed by atoms with Crippen LogP contribution >= 0.6 is 19.4 Å². The molecule has 0 aliphatic rings. The average Bonchev–Trinajstić information content (AvgIpc) is 3.16. The number of halogens is 6. The van der Waals surface area contributed by atoms with Crippen LogP contribution in [0, 0.1) is 0 Å². The van der Waals surface area contributed by atoms with Crippen molar-refractivity contribution in [1.29, 1.82) is 0 Å². The number of rotatable bonds is 11. The summed E-state index contributed by atoms with van der Waals surface area (Å²) in [6.07, 6.45) is -9.70. The first-order chi connectivity index (χ1) is 16.7. The highest BCUT2D eigenvalue weighted by atomic mass is 32.2. The Bertz CT molecular complexity index is 1220. The van der Waals surface area contributed by atoms with Gasteiger partial charge < -0.3 is 20.1 Å². The van der Waals surface area contributed by atoms with Gasteiger partial charge >= 0.3 is 19.9 Å². The molecular formula is C18H18F6N5O5PS. The van der Waals surface area contributed by atoms with Gasteiger partial charge in [-0.15, -0.1) is 0 Å². The molecule has 198 valence electrons. The molecule has 3 aromatic rings. The molecule has 0 saturated carbocycles. The van der Waals surface area contributed by atoms with Crippen molar-refractivity contribution in [2.24, 2.45) is 0 Å². The number of hydrogen-bond donors (Lipinski definition) is 2. The van der Waals surface area contributed by atoms with Crippen LogP contribution in [0.2, 0.25) is 0 Å². The lowest BCUT2D eigenvalue weighted by Crippen LogP contribution is -2.21. The van der Waals surface area contributed by atoms with Gasteiger partial charge in [0.15, 0.2) is 18.9 Å². The molecule has 0 spiro atoms. The topological polar surface area (TPSA) is 135 Å². The molecule has 2 aromatic heterocycles. The fraction of sp³-hybridized carbons (Fsp3) is 0.389. The summed E-state index contributed by atoms with van der Waals surface area (Å²) >= 11 is 1.15. The second-order valence-electron chi connectivity index (χ2n) is 7.02. The summed E-state index contributed by atoms with van der Waals surface area (Å²) < 4.78 is 101. The van der Waals surface area contributed by atoms with Crippen LogP contribution in [0.25, 0.3) is 11.2 Å². The van der Waals surface area contributed by atoms with Gasteiger partial charge in [-0.3, -0.25) is 13.6 Å². The third kappa shape index (κ3) is 8.51. The van der Waals surface area contributed by atoms with Gasteiger partial charge in [-0.25, -0.2) is 9.97 Å². The lowest BCUT2D eigenvalue weighted by atomic mass is 10.3. The Kier molecular flexibility index (Phi) is 8.71. The molecule has 36 heavy (non-hydrogen) atoms. The van der Waals surface area contributed by atoms with E-state index in [1.807, 2.05) is 0 Å². The van der Waals surface area contributed by atoms with E-state index >= 15 is 0 Å². The molecule has 0 aliphatic carbocycles. The number of alkyl halides is 6. The van der Waals surface area contributed by atoms with Gasteiger partial charge in [-0.1, -0.05) is 17.8 Å². The predicted molar refractivity (Wildman–Crippen MR) is 114 cm³/mol. The van der Waals surface area contributed by atoms with E-state index in [2.05, 4.69) is 24.0 Å². The number of aromatic nitrogens is 4. The highest BCUT2D eigenvalue weighted by Crippen LogP contribution is 2.50. The van der Waals surface area contributed by atoms with Crippen LogP contribution in [0.5, 0.6) is 5.75 Å². The quantitative estimate of drug-likeness (QED) is 0.148. The predicted octanol–water partition coefficient (Wildman–Crippen LogP) is 4.59. The number of ether oxygens (including phenoxy) is 1. The monoisotopic (exact) mass is 561 g/mol. The Balaban J connectivity index is 1.67. The summed E-state index contributed by atoms with van der Waals surface area (Å²) in [6.45, 7) is -4.51. The summed E-state index contributed by atoms with van der Waals surface area (Å²) in [5, 5.41) is 10.0. The fourth-order valence-corrected chi connectivity index (χ4v) is 4.81. The van der Waals surface area contributed by atoms with E-state index in [4.69, 9.17) is 10.5 Å². The molecule has 0 unspecified atom stereocenters. The Morgan fingerprint density at radius 1 is 1.08 bits per heavy atom. The molecule has 0 radical (unpaired) electrons. The van der Waals surface area contributed by atoms with Crippen LogP contribution in [-0.2, 0) is 24.9 Å². The minimum absolute atomic E-state index is 0.0386. The maximum atomic E-state index is 12.4. The highest BCUT2D eigenvalue weighted by molar-refractivity contribution is 7.99. The second-order valence-corrected chi connectivity index (χ2v) is 10.1. The van der Waals surface area contributed by atoms with Gasteiger partial charge in [0.25, 0.3) is 0 Å². The van der Waals surface area contributed by atoms with Crippen molar-refractivity contribution in [1.82, 2.24) is 19.5 Å². The van der Waals surface area contributed by atoms with E-state index in [1.54, 1.807) is 12.1 Å². The molecule has 3 N–H and O–H groups in total. The van der Waals surface area contributed by atoms with Gasteiger partial charge in [0, 0.05) is 11.4 Å². The molecule has 2 heterocycles. The van der Waals surface area contributed by atoms with E-state index < -0.39 is 39.5 Å². The SMILES string of the molecule is Nc1nc(Sc2cccc(O)c2)c2ncn(CCOCP(=O)(OCC(F)(F)F)OCC(F)(F)F)c2n1. The number of imidazole rings is 1. The zero-order chi connectivity index (χ0) is 26.6. The molecule has 1 aromatic carbocycles. The maximum Gasteiger partial charge on any atom is 0.412 e. The third-order valence-electron chi connectivity index (χ3n) is 4.06. The molecule has 0 atom stereocenters. The highest BCUT2D eigenvalue weighted by Gasteiger charge is 2.38.